The van der Waals surface area contributed by atoms with Crippen molar-refractivity contribution >= 4 is 56.2 Å². The quantitative estimate of drug-likeness (QED) is 0.610. The fourth-order valence-corrected chi connectivity index (χ4v) is 1.95. The number of carboxylic acids is 1. The van der Waals surface area contributed by atoms with Crippen LogP contribution in [-0.4, -0.2) is 36.9 Å². The first-order chi connectivity index (χ1) is 8.93. The van der Waals surface area contributed by atoms with Crippen LogP contribution < -0.4 is 10.6 Å². The van der Waals surface area contributed by atoms with Crippen molar-refractivity contribution in [2.45, 2.75) is 6.04 Å². The molecule has 0 aliphatic rings. The first-order valence-corrected chi connectivity index (χ1v) is 7.05. The summed E-state index contributed by atoms with van der Waals surface area (Å²) in [4.78, 5) is 22.5. The van der Waals surface area contributed by atoms with Crippen LogP contribution in [0.25, 0.3) is 0 Å². The van der Waals surface area contributed by atoms with E-state index in [0.29, 0.717) is 5.69 Å². The van der Waals surface area contributed by atoms with Gasteiger partial charge in [-0.15, -0.1) is 0 Å². The molecule has 0 heterocycles. The van der Waals surface area contributed by atoms with Gasteiger partial charge in [-0.1, -0.05) is 0 Å². The number of urea groups is 1. The molecule has 2 amide bonds. The van der Waals surface area contributed by atoms with Crippen LogP contribution in [0.5, 0.6) is 0 Å². The van der Waals surface area contributed by atoms with Gasteiger partial charge in [-0.3, -0.25) is 0 Å². The number of aliphatic carboxylic acids is 1. The molecule has 3 N–H and O–H groups in total. The summed E-state index contributed by atoms with van der Waals surface area (Å²) in [6.45, 7) is -0.0981. The number of ether oxygens (including phenoxy) is 1. The average molecular weight is 443 g/mol. The molecule has 104 valence electrons. The lowest BCUT2D eigenvalue weighted by molar-refractivity contribution is -0.140. The molecule has 1 atom stereocenters. The molecule has 0 aliphatic heterocycles. The van der Waals surface area contributed by atoms with E-state index in [4.69, 9.17) is 9.84 Å². The number of benzene rings is 1. The molecule has 1 unspecified atom stereocenters. The van der Waals surface area contributed by atoms with E-state index in [1.54, 1.807) is 12.1 Å². The van der Waals surface area contributed by atoms with Gasteiger partial charge in [0.2, 0.25) is 0 Å². The number of amides is 2. The van der Waals surface area contributed by atoms with Crippen molar-refractivity contribution in [2.24, 2.45) is 0 Å². The van der Waals surface area contributed by atoms with Crippen LogP contribution in [0.15, 0.2) is 22.7 Å². The Morgan fingerprint density at radius 1 is 1.53 bits per heavy atom. The minimum absolute atomic E-state index is 0.0981. The van der Waals surface area contributed by atoms with E-state index >= 15 is 0 Å². The van der Waals surface area contributed by atoms with Gasteiger partial charge in [-0.25, -0.2) is 9.59 Å². The maximum atomic E-state index is 11.6. The summed E-state index contributed by atoms with van der Waals surface area (Å²) in [6, 6.07) is 3.59. The van der Waals surface area contributed by atoms with Crippen LogP contribution in [0.4, 0.5) is 10.5 Å². The van der Waals surface area contributed by atoms with Gasteiger partial charge in [-0.2, -0.15) is 0 Å². The summed E-state index contributed by atoms with van der Waals surface area (Å²) < 4.78 is 6.57. The molecule has 6 nitrogen and oxygen atoms in total. The fraction of sp³-hybridized carbons (Fsp3) is 0.273. The van der Waals surface area contributed by atoms with Gasteiger partial charge in [0, 0.05) is 20.8 Å². The SMILES string of the molecule is COCC(NC(=O)Nc1ccc(I)c(Br)c1)C(=O)O. The Morgan fingerprint density at radius 3 is 2.74 bits per heavy atom. The smallest absolute Gasteiger partial charge is 0.328 e. The summed E-state index contributed by atoms with van der Waals surface area (Å²) >= 11 is 5.49. The second-order valence-electron chi connectivity index (χ2n) is 3.57. The monoisotopic (exact) mass is 442 g/mol. The Balaban J connectivity index is 2.63. The highest BCUT2D eigenvalue weighted by atomic mass is 127. The minimum atomic E-state index is -1.15. The predicted molar refractivity (Wildman–Crippen MR) is 82.3 cm³/mol. The summed E-state index contributed by atoms with van der Waals surface area (Å²) in [5.41, 5.74) is 0.561. The maximum Gasteiger partial charge on any atom is 0.328 e. The summed E-state index contributed by atoms with van der Waals surface area (Å²) in [5, 5.41) is 13.7. The number of hydrogen-bond acceptors (Lipinski definition) is 3. The molecular weight excluding hydrogens is 431 g/mol. The van der Waals surface area contributed by atoms with Gasteiger partial charge in [0.05, 0.1) is 6.61 Å². The molecule has 1 aromatic carbocycles. The molecule has 1 aromatic rings. The van der Waals surface area contributed by atoms with E-state index in [-0.39, 0.29) is 6.61 Å². The zero-order chi connectivity index (χ0) is 14.4. The zero-order valence-corrected chi connectivity index (χ0v) is 13.7. The number of hydrogen-bond donors (Lipinski definition) is 3. The highest BCUT2D eigenvalue weighted by Gasteiger charge is 2.19. The van der Waals surface area contributed by atoms with Crippen molar-refractivity contribution in [3.63, 3.8) is 0 Å². The Kier molecular flexibility index (Phi) is 6.52. The van der Waals surface area contributed by atoms with Gasteiger partial charge in [0.15, 0.2) is 6.04 Å². The average Bonchev–Trinajstić information content (AvgIpc) is 2.33. The van der Waals surface area contributed by atoms with Crippen LogP contribution in [-0.2, 0) is 9.53 Å². The van der Waals surface area contributed by atoms with Gasteiger partial charge in [0.1, 0.15) is 0 Å². The van der Waals surface area contributed by atoms with Crippen molar-refractivity contribution in [3.8, 4) is 0 Å². The van der Waals surface area contributed by atoms with Crippen molar-refractivity contribution in [1.82, 2.24) is 5.32 Å². The normalized spacial score (nSPS) is 11.7. The lowest BCUT2D eigenvalue weighted by atomic mass is 10.3. The summed E-state index contributed by atoms with van der Waals surface area (Å²) in [6.07, 6.45) is 0. The third-order valence-corrected chi connectivity index (χ3v) is 4.45. The first-order valence-electron chi connectivity index (χ1n) is 5.18. The molecule has 1 rings (SSSR count). The molecule has 19 heavy (non-hydrogen) atoms. The number of carbonyl (C=O) groups excluding carboxylic acids is 1. The van der Waals surface area contributed by atoms with Crippen molar-refractivity contribution < 1.29 is 19.4 Å². The van der Waals surface area contributed by atoms with E-state index in [1.807, 2.05) is 6.07 Å². The fourth-order valence-electron chi connectivity index (χ4n) is 1.24. The number of halogens is 2. The number of anilines is 1. The molecule has 0 fully saturated rings. The molecule has 8 heteroatoms. The molecule has 0 aromatic heterocycles. The molecular formula is C11H12BrIN2O4. The summed E-state index contributed by atoms with van der Waals surface area (Å²) in [7, 11) is 1.37. The Morgan fingerprint density at radius 2 is 2.21 bits per heavy atom. The Hall–Kier alpha value is -0.870. The van der Waals surface area contributed by atoms with E-state index in [9.17, 15) is 9.59 Å². The molecule has 0 spiro atoms. The van der Waals surface area contributed by atoms with Crippen molar-refractivity contribution in [3.05, 3.63) is 26.2 Å². The number of methoxy groups -OCH3 is 1. The van der Waals surface area contributed by atoms with Crippen LogP contribution in [0.2, 0.25) is 0 Å². The van der Waals surface area contributed by atoms with Gasteiger partial charge in [0.25, 0.3) is 0 Å². The van der Waals surface area contributed by atoms with E-state index in [2.05, 4.69) is 49.2 Å². The maximum absolute atomic E-state index is 11.6. The molecule has 0 saturated heterocycles. The molecule has 0 aliphatic carbocycles. The van der Waals surface area contributed by atoms with Gasteiger partial charge < -0.3 is 20.5 Å². The number of carboxylic acid groups (broad SMARTS) is 1. The second-order valence-corrected chi connectivity index (χ2v) is 5.59. The number of carbonyl (C=O) groups is 2. The zero-order valence-electron chi connectivity index (χ0n) is 9.94. The Bertz CT molecular complexity index is 484. The van der Waals surface area contributed by atoms with E-state index in [0.717, 1.165) is 8.04 Å². The highest BCUT2D eigenvalue weighted by molar-refractivity contribution is 14.1. The van der Waals surface area contributed by atoms with Crippen molar-refractivity contribution in [2.75, 3.05) is 19.0 Å². The van der Waals surface area contributed by atoms with Gasteiger partial charge >= 0.3 is 12.0 Å². The highest BCUT2D eigenvalue weighted by Crippen LogP contribution is 2.22. The third kappa shape index (κ3) is 5.33. The van der Waals surface area contributed by atoms with Crippen LogP contribution in [0.3, 0.4) is 0 Å². The van der Waals surface area contributed by atoms with Crippen LogP contribution in [0, 0.1) is 3.57 Å². The first kappa shape index (κ1) is 16.2. The topological polar surface area (TPSA) is 87.7 Å². The lowest BCUT2D eigenvalue weighted by Gasteiger charge is -2.14. The Labute approximate surface area is 132 Å². The summed E-state index contributed by atoms with van der Waals surface area (Å²) in [5.74, 6) is -1.15. The number of rotatable bonds is 5. The van der Waals surface area contributed by atoms with E-state index in [1.165, 1.54) is 7.11 Å². The largest absolute Gasteiger partial charge is 0.480 e. The van der Waals surface area contributed by atoms with Crippen LogP contribution in [0.1, 0.15) is 0 Å². The van der Waals surface area contributed by atoms with Crippen molar-refractivity contribution in [1.29, 1.82) is 0 Å². The molecule has 0 saturated carbocycles. The third-order valence-electron chi connectivity index (χ3n) is 2.11. The van der Waals surface area contributed by atoms with E-state index < -0.39 is 18.0 Å². The lowest BCUT2D eigenvalue weighted by Crippen LogP contribution is -2.45. The van der Waals surface area contributed by atoms with Gasteiger partial charge in [-0.05, 0) is 56.7 Å². The number of nitrogens with one attached hydrogen (secondary N) is 2. The second kappa shape index (κ2) is 7.65. The molecule has 0 radical (unpaired) electrons. The minimum Gasteiger partial charge on any atom is -0.480 e. The predicted octanol–water partition coefficient (Wildman–Crippen LogP) is 2.27. The standard InChI is InChI=1S/C11H12BrIN2O4/c1-19-5-9(10(16)17)15-11(18)14-6-2-3-8(13)7(12)4-6/h2-4,9H,5H2,1H3,(H,16,17)(H2,14,15,18). The molecule has 0 bridgehead atoms. The van der Waals surface area contributed by atoms with Crippen LogP contribution >= 0.6 is 38.5 Å².